The van der Waals surface area contributed by atoms with Crippen molar-refractivity contribution in [2.75, 3.05) is 19.7 Å². The van der Waals surface area contributed by atoms with Crippen LogP contribution in [0.4, 0.5) is 0 Å². The van der Waals surface area contributed by atoms with E-state index < -0.39 is 0 Å². The predicted octanol–water partition coefficient (Wildman–Crippen LogP) is 0.566. The predicted molar refractivity (Wildman–Crippen MR) is 52.5 cm³/mol. The van der Waals surface area contributed by atoms with Gasteiger partial charge in [0.1, 0.15) is 0 Å². The Morgan fingerprint density at radius 3 is 2.64 bits per heavy atom. The first-order valence-corrected chi connectivity index (χ1v) is 4.68. The van der Waals surface area contributed by atoms with Crippen LogP contribution in [-0.2, 0) is 37.4 Å². The van der Waals surface area contributed by atoms with E-state index in [1.165, 1.54) is 0 Å². The van der Waals surface area contributed by atoms with E-state index in [1.807, 2.05) is 0 Å². The van der Waals surface area contributed by atoms with Crippen molar-refractivity contribution in [3.63, 3.8) is 0 Å². The summed E-state index contributed by atoms with van der Waals surface area (Å²) in [6.07, 6.45) is 3.30. The molecule has 1 radical (unpaired) electrons. The van der Waals surface area contributed by atoms with Crippen LogP contribution in [0.3, 0.4) is 0 Å². The number of piperidine rings is 1. The van der Waals surface area contributed by atoms with Gasteiger partial charge in [0.05, 0.1) is 12.7 Å². The van der Waals surface area contributed by atoms with E-state index in [0.29, 0.717) is 12.7 Å². The SMILES string of the molecule is [CH2-]N1CCC(OCCC#CN)CC1.[Y]. The minimum absolute atomic E-state index is 0. The van der Waals surface area contributed by atoms with Crippen molar-refractivity contribution >= 4 is 0 Å². The topological polar surface area (TPSA) is 38.5 Å². The first-order chi connectivity index (χ1) is 6.33. The maximum atomic E-state index is 5.62. The van der Waals surface area contributed by atoms with Crippen LogP contribution in [0.1, 0.15) is 19.3 Å². The number of ether oxygens (including phenoxy) is 1. The van der Waals surface area contributed by atoms with Crippen LogP contribution >= 0.6 is 0 Å². The molecule has 4 heteroatoms. The van der Waals surface area contributed by atoms with E-state index >= 15 is 0 Å². The Morgan fingerprint density at radius 1 is 1.43 bits per heavy atom. The molecule has 1 heterocycles. The summed E-state index contributed by atoms with van der Waals surface area (Å²) in [6.45, 7) is 2.77. The Bertz CT molecular complexity index is 192. The molecule has 1 saturated heterocycles. The van der Waals surface area contributed by atoms with Gasteiger partial charge in [-0.1, -0.05) is 5.92 Å². The molecular weight excluding hydrogens is 253 g/mol. The number of likely N-dealkylation sites (tertiary alicyclic amines) is 1. The molecule has 0 aromatic rings. The number of rotatable bonds is 3. The van der Waals surface area contributed by atoms with Crippen LogP contribution in [0.15, 0.2) is 0 Å². The Kier molecular flexibility index (Phi) is 8.91. The van der Waals surface area contributed by atoms with E-state index in [2.05, 4.69) is 23.9 Å². The summed E-state index contributed by atoms with van der Waals surface area (Å²) < 4.78 is 5.62. The van der Waals surface area contributed by atoms with Gasteiger partial charge >= 0.3 is 0 Å². The van der Waals surface area contributed by atoms with E-state index in [0.717, 1.165) is 32.4 Å². The van der Waals surface area contributed by atoms with Crippen molar-refractivity contribution < 1.29 is 37.4 Å². The third-order valence-electron chi connectivity index (χ3n) is 2.22. The van der Waals surface area contributed by atoms with Crippen LogP contribution in [0.2, 0.25) is 0 Å². The molecular formula is C10H17N2OY-. The summed E-state index contributed by atoms with van der Waals surface area (Å²) in [4.78, 5) is 2.08. The van der Waals surface area contributed by atoms with Crippen LogP contribution in [-0.4, -0.2) is 30.7 Å². The van der Waals surface area contributed by atoms with E-state index in [9.17, 15) is 0 Å². The first kappa shape index (κ1) is 14.4. The van der Waals surface area contributed by atoms with Gasteiger partial charge in [-0.15, -0.1) is 0 Å². The van der Waals surface area contributed by atoms with E-state index in [1.54, 1.807) is 0 Å². The molecule has 0 aromatic heterocycles. The standard InChI is InChI=1S/C10H17N2O.Y/c1-12-7-4-10(5-8-12)13-9-3-2-6-11;/h10H,1,3-5,7-9,11H2;/q-1;. The second kappa shape index (κ2) is 8.67. The third-order valence-corrected chi connectivity index (χ3v) is 2.22. The van der Waals surface area contributed by atoms with Crippen molar-refractivity contribution in [1.29, 1.82) is 0 Å². The fourth-order valence-electron chi connectivity index (χ4n) is 1.42. The van der Waals surface area contributed by atoms with Gasteiger partial charge < -0.3 is 15.4 Å². The van der Waals surface area contributed by atoms with Gasteiger partial charge in [0.15, 0.2) is 0 Å². The van der Waals surface area contributed by atoms with E-state index in [4.69, 9.17) is 10.5 Å². The van der Waals surface area contributed by atoms with Crippen molar-refractivity contribution in [3.05, 3.63) is 7.05 Å². The van der Waals surface area contributed by atoms with Crippen LogP contribution < -0.4 is 5.73 Å². The van der Waals surface area contributed by atoms with Gasteiger partial charge in [0.2, 0.25) is 0 Å². The van der Waals surface area contributed by atoms with Crippen LogP contribution in [0.5, 0.6) is 0 Å². The molecule has 0 aliphatic carbocycles. The van der Waals surface area contributed by atoms with Crippen molar-refractivity contribution in [3.8, 4) is 12.0 Å². The average molecular weight is 270 g/mol. The summed E-state index contributed by atoms with van der Waals surface area (Å²) >= 11 is 0. The Balaban J connectivity index is 0.00000169. The minimum atomic E-state index is 0. The monoisotopic (exact) mass is 270 g/mol. The largest absolute Gasteiger partial charge is 0.459 e. The van der Waals surface area contributed by atoms with Crippen LogP contribution in [0.25, 0.3) is 0 Å². The first-order valence-electron chi connectivity index (χ1n) is 4.68. The number of hydrogen-bond acceptors (Lipinski definition) is 3. The fraction of sp³-hybridized carbons (Fsp3) is 0.700. The van der Waals surface area contributed by atoms with Gasteiger partial charge in [-0.05, 0) is 25.9 Å². The normalized spacial score (nSPS) is 18.1. The quantitative estimate of drug-likeness (QED) is 0.352. The smallest absolute Gasteiger partial charge is 0.0598 e. The van der Waals surface area contributed by atoms with E-state index in [-0.39, 0.29) is 32.7 Å². The van der Waals surface area contributed by atoms with Crippen molar-refractivity contribution in [2.24, 2.45) is 5.73 Å². The van der Waals surface area contributed by atoms with Crippen molar-refractivity contribution in [2.45, 2.75) is 25.4 Å². The second-order valence-electron chi connectivity index (χ2n) is 3.26. The number of nitrogens with zero attached hydrogens (tertiary/aromatic N) is 1. The third kappa shape index (κ3) is 5.98. The summed E-state index contributed by atoms with van der Waals surface area (Å²) in [6, 6.07) is 2.36. The summed E-state index contributed by atoms with van der Waals surface area (Å²) in [5.41, 5.74) is 5.03. The minimum Gasteiger partial charge on any atom is -0.459 e. The fourth-order valence-corrected chi connectivity index (χ4v) is 1.42. The number of hydrogen-bond donors (Lipinski definition) is 1. The molecule has 1 fully saturated rings. The molecule has 3 nitrogen and oxygen atoms in total. The van der Waals surface area contributed by atoms with Gasteiger partial charge in [-0.25, -0.2) is 0 Å². The Morgan fingerprint density at radius 2 is 2.07 bits per heavy atom. The summed E-state index contributed by atoms with van der Waals surface area (Å²) in [5, 5.41) is 0. The molecule has 77 valence electrons. The zero-order valence-electron chi connectivity index (χ0n) is 8.54. The molecule has 0 spiro atoms. The molecule has 0 aromatic carbocycles. The van der Waals surface area contributed by atoms with Gasteiger partial charge in [-0.2, -0.15) is 0 Å². The van der Waals surface area contributed by atoms with Gasteiger partial charge in [0.25, 0.3) is 0 Å². The number of nitrogens with two attached hydrogens (primary N) is 1. The maximum absolute atomic E-state index is 5.62. The Labute approximate surface area is 112 Å². The molecule has 14 heavy (non-hydrogen) atoms. The zero-order chi connectivity index (χ0) is 9.52. The maximum Gasteiger partial charge on any atom is 0.0598 e. The summed E-state index contributed by atoms with van der Waals surface area (Å²) in [5.74, 6) is 2.78. The molecule has 0 saturated carbocycles. The molecule has 1 aliphatic rings. The van der Waals surface area contributed by atoms with Gasteiger partial charge in [-0.3, -0.25) is 7.05 Å². The van der Waals surface area contributed by atoms with Crippen LogP contribution in [0, 0.1) is 19.0 Å². The molecule has 0 bridgehead atoms. The molecule has 0 atom stereocenters. The molecule has 1 rings (SSSR count). The molecule has 1 aliphatic heterocycles. The average Bonchev–Trinajstić information content (AvgIpc) is 2.15. The zero-order valence-corrected chi connectivity index (χ0v) is 11.4. The summed E-state index contributed by atoms with van der Waals surface area (Å²) in [7, 11) is 3.88. The Hall–Kier alpha value is 0.384. The molecule has 2 N–H and O–H groups in total. The molecule has 0 amide bonds. The molecule has 0 unspecified atom stereocenters. The van der Waals surface area contributed by atoms with Crippen molar-refractivity contribution in [1.82, 2.24) is 4.90 Å². The second-order valence-corrected chi connectivity index (χ2v) is 3.26. The van der Waals surface area contributed by atoms with Gasteiger partial charge in [0, 0.05) is 45.2 Å².